The van der Waals surface area contributed by atoms with Gasteiger partial charge in [0.2, 0.25) is 0 Å². The zero-order chi connectivity index (χ0) is 26.7. The van der Waals surface area contributed by atoms with E-state index < -0.39 is 40.4 Å². The van der Waals surface area contributed by atoms with Crippen molar-refractivity contribution in [3.05, 3.63) is 11.6 Å². The summed E-state index contributed by atoms with van der Waals surface area (Å²) in [5.74, 6) is -1.71. The second-order valence-electron chi connectivity index (χ2n) is 15.0. The molecule has 0 aromatic rings. The van der Waals surface area contributed by atoms with Gasteiger partial charge in [0.1, 0.15) is 0 Å². The van der Waals surface area contributed by atoms with Crippen LogP contribution in [0.25, 0.3) is 0 Å². The van der Waals surface area contributed by atoms with E-state index in [9.17, 15) is 30.0 Å². The molecule has 10 atom stereocenters. The second-order valence-corrected chi connectivity index (χ2v) is 15.0. The number of hydrogen-bond donors (Lipinski definition) is 4. The minimum Gasteiger partial charge on any atom is -0.481 e. The number of aliphatic hydroxyl groups is 2. The summed E-state index contributed by atoms with van der Waals surface area (Å²) in [4.78, 5) is 25.3. The van der Waals surface area contributed by atoms with E-state index in [4.69, 9.17) is 0 Å². The van der Waals surface area contributed by atoms with Crippen molar-refractivity contribution < 1.29 is 30.0 Å². The molecule has 0 amide bonds. The molecule has 5 aliphatic rings. The van der Waals surface area contributed by atoms with Crippen molar-refractivity contribution in [1.82, 2.24) is 0 Å². The zero-order valence-corrected chi connectivity index (χ0v) is 22.9. The fourth-order valence-electron chi connectivity index (χ4n) is 10.7. The summed E-state index contributed by atoms with van der Waals surface area (Å²) in [6.07, 6.45) is 6.80. The van der Waals surface area contributed by atoms with Crippen molar-refractivity contribution in [3.8, 4) is 0 Å². The third-order valence-corrected chi connectivity index (χ3v) is 13.1. The highest BCUT2D eigenvalue weighted by Gasteiger charge is 2.71. The Morgan fingerprint density at radius 2 is 1.47 bits per heavy atom. The van der Waals surface area contributed by atoms with Crippen LogP contribution >= 0.6 is 0 Å². The number of carboxylic acids is 2. The molecular weight excluding hydrogens is 456 g/mol. The highest BCUT2D eigenvalue weighted by atomic mass is 16.4. The van der Waals surface area contributed by atoms with Crippen LogP contribution in [0.1, 0.15) is 99.3 Å². The molecule has 0 spiro atoms. The van der Waals surface area contributed by atoms with Gasteiger partial charge in [0, 0.05) is 0 Å². The minimum atomic E-state index is -1.39. The summed E-state index contributed by atoms with van der Waals surface area (Å²) >= 11 is 0. The number of allylic oxidation sites excluding steroid dienone is 2. The Hall–Kier alpha value is -1.40. The van der Waals surface area contributed by atoms with E-state index in [1.165, 1.54) is 5.57 Å². The molecule has 5 aliphatic carbocycles. The van der Waals surface area contributed by atoms with Gasteiger partial charge in [-0.3, -0.25) is 9.59 Å². The van der Waals surface area contributed by atoms with E-state index in [-0.39, 0.29) is 34.0 Å². The summed E-state index contributed by atoms with van der Waals surface area (Å²) in [6, 6.07) is 0. The number of fused-ring (bicyclic) bond motifs is 7. The van der Waals surface area contributed by atoms with Gasteiger partial charge >= 0.3 is 11.9 Å². The van der Waals surface area contributed by atoms with Crippen molar-refractivity contribution in [1.29, 1.82) is 0 Å². The van der Waals surface area contributed by atoms with Crippen LogP contribution in [0.5, 0.6) is 0 Å². The molecule has 6 heteroatoms. The Bertz CT molecular complexity index is 1020. The van der Waals surface area contributed by atoms with E-state index >= 15 is 0 Å². The normalized spacial score (nSPS) is 53.7. The maximum absolute atomic E-state index is 12.8. The molecule has 0 aliphatic heterocycles. The summed E-state index contributed by atoms with van der Waals surface area (Å²) in [7, 11) is 0. The maximum atomic E-state index is 12.8. The van der Waals surface area contributed by atoms with Gasteiger partial charge in [-0.1, -0.05) is 46.3 Å². The van der Waals surface area contributed by atoms with Gasteiger partial charge in [0.25, 0.3) is 0 Å². The first-order valence-corrected chi connectivity index (χ1v) is 14.0. The summed E-state index contributed by atoms with van der Waals surface area (Å²) in [6.45, 7) is 13.0. The van der Waals surface area contributed by atoms with Gasteiger partial charge < -0.3 is 20.4 Å². The van der Waals surface area contributed by atoms with Gasteiger partial charge in [-0.25, -0.2) is 0 Å². The highest BCUT2D eigenvalue weighted by Crippen LogP contribution is 2.75. The smallest absolute Gasteiger partial charge is 0.312 e. The molecule has 4 saturated carbocycles. The fourth-order valence-corrected chi connectivity index (χ4v) is 10.7. The van der Waals surface area contributed by atoms with E-state index in [1.807, 2.05) is 0 Å². The standard InChI is InChI=1S/C30H46O6/c1-25(2)11-13-30(24(35)36)14-12-27(4)17(18(30)15-25)7-8-20-26(3)16-19(31)22(32)29(6,23(33)34)21(26)9-10-28(20,27)5/h7,18-22,31-32H,8-16H2,1-6H3,(H,33,34)(H,35,36)/t18-,19-,20?,21-,22-,26+,27?,28+,29-,30-/m0/s1. The Morgan fingerprint density at radius 3 is 2.08 bits per heavy atom. The number of rotatable bonds is 2. The highest BCUT2D eigenvalue weighted by molar-refractivity contribution is 5.77. The largest absolute Gasteiger partial charge is 0.481 e. The lowest BCUT2D eigenvalue weighted by atomic mass is 9.33. The van der Waals surface area contributed by atoms with Gasteiger partial charge in [-0.2, -0.15) is 0 Å². The zero-order valence-electron chi connectivity index (χ0n) is 22.9. The fraction of sp³-hybridized carbons (Fsp3) is 0.867. The molecular formula is C30H46O6. The molecule has 6 nitrogen and oxygen atoms in total. The van der Waals surface area contributed by atoms with Crippen molar-refractivity contribution >= 4 is 11.9 Å². The molecule has 2 unspecified atom stereocenters. The van der Waals surface area contributed by atoms with Crippen LogP contribution in [0.3, 0.4) is 0 Å². The van der Waals surface area contributed by atoms with Gasteiger partial charge in [-0.15, -0.1) is 0 Å². The van der Waals surface area contributed by atoms with Crippen molar-refractivity contribution in [3.63, 3.8) is 0 Å². The Morgan fingerprint density at radius 1 is 0.833 bits per heavy atom. The minimum absolute atomic E-state index is 0.0314. The SMILES string of the molecule is CC1(C)CC[C@]2(C(=O)O)CCC3(C)C(=CCC4[C@@]5(C)C[C@H](O)[C@H](O)[C@@](C)(C(=O)O)[C@H]5CC[C@]43C)[C@@H]2C1. The van der Waals surface area contributed by atoms with Crippen LogP contribution in [0.4, 0.5) is 0 Å². The van der Waals surface area contributed by atoms with E-state index in [0.717, 1.165) is 38.5 Å². The topological polar surface area (TPSA) is 115 Å². The Kier molecular flexibility index (Phi) is 5.53. The van der Waals surface area contributed by atoms with Crippen LogP contribution in [0.2, 0.25) is 0 Å². The molecule has 0 saturated heterocycles. The molecule has 202 valence electrons. The van der Waals surface area contributed by atoms with Crippen molar-refractivity contribution in [2.24, 2.45) is 50.2 Å². The second kappa shape index (κ2) is 7.59. The van der Waals surface area contributed by atoms with Crippen LogP contribution in [0.15, 0.2) is 11.6 Å². The molecule has 0 heterocycles. The molecule has 4 N–H and O–H groups in total. The average Bonchev–Trinajstić information content (AvgIpc) is 2.77. The monoisotopic (exact) mass is 502 g/mol. The lowest BCUT2D eigenvalue weighted by Crippen LogP contribution is -2.68. The third-order valence-electron chi connectivity index (χ3n) is 13.1. The predicted molar refractivity (Wildman–Crippen MR) is 136 cm³/mol. The lowest BCUT2D eigenvalue weighted by molar-refractivity contribution is -0.239. The van der Waals surface area contributed by atoms with E-state index in [2.05, 4.69) is 40.7 Å². The molecule has 0 aromatic carbocycles. The molecule has 4 fully saturated rings. The van der Waals surface area contributed by atoms with Crippen LogP contribution in [-0.4, -0.2) is 44.6 Å². The van der Waals surface area contributed by atoms with Crippen LogP contribution in [-0.2, 0) is 9.59 Å². The number of aliphatic carboxylic acids is 2. The van der Waals surface area contributed by atoms with E-state index in [0.29, 0.717) is 19.3 Å². The number of aliphatic hydroxyl groups excluding tert-OH is 2. The van der Waals surface area contributed by atoms with Gasteiger partial charge in [0.05, 0.1) is 23.0 Å². The number of carboxylic acid groups (broad SMARTS) is 2. The van der Waals surface area contributed by atoms with Crippen molar-refractivity contribution in [2.45, 2.75) is 112 Å². The molecule has 36 heavy (non-hydrogen) atoms. The number of hydrogen-bond acceptors (Lipinski definition) is 4. The van der Waals surface area contributed by atoms with Gasteiger partial charge in [-0.05, 0) is 104 Å². The van der Waals surface area contributed by atoms with Gasteiger partial charge in [0.15, 0.2) is 0 Å². The first-order chi connectivity index (χ1) is 16.5. The molecule has 0 aromatic heterocycles. The maximum Gasteiger partial charge on any atom is 0.312 e. The lowest BCUT2D eigenvalue weighted by Gasteiger charge is -2.71. The van der Waals surface area contributed by atoms with Crippen LogP contribution < -0.4 is 0 Å². The summed E-state index contributed by atoms with van der Waals surface area (Å²) in [5.41, 5.74) is -1.36. The van der Waals surface area contributed by atoms with E-state index in [1.54, 1.807) is 6.92 Å². The number of carbonyl (C=O) groups is 2. The molecule has 0 radical (unpaired) electrons. The first kappa shape index (κ1) is 26.2. The average molecular weight is 503 g/mol. The third kappa shape index (κ3) is 2.98. The quantitative estimate of drug-likeness (QED) is 0.383. The van der Waals surface area contributed by atoms with Crippen molar-refractivity contribution in [2.75, 3.05) is 0 Å². The molecule has 0 bridgehead atoms. The Balaban J connectivity index is 1.62. The summed E-state index contributed by atoms with van der Waals surface area (Å²) < 4.78 is 0. The summed E-state index contributed by atoms with van der Waals surface area (Å²) in [5, 5.41) is 42.6. The first-order valence-electron chi connectivity index (χ1n) is 14.0. The molecule has 5 rings (SSSR count). The predicted octanol–water partition coefficient (Wildman–Crippen LogP) is 5.27. The Labute approximate surface area is 215 Å². The van der Waals surface area contributed by atoms with Crippen LogP contribution in [0, 0.1) is 50.2 Å².